The van der Waals surface area contributed by atoms with Gasteiger partial charge in [-0.15, -0.1) is 0 Å². The molecule has 0 saturated carbocycles. The molecule has 1 rings (SSSR count). The lowest BCUT2D eigenvalue weighted by Crippen LogP contribution is -2.42. The molecule has 2 heteroatoms. The summed E-state index contributed by atoms with van der Waals surface area (Å²) in [6.07, 6.45) is 15.2. The molecule has 1 nitrogen and oxygen atoms in total. The van der Waals surface area contributed by atoms with Crippen molar-refractivity contribution in [2.75, 3.05) is 19.3 Å². The molecule has 1 heterocycles. The average Bonchev–Trinajstić information content (AvgIpc) is 2.34. The van der Waals surface area contributed by atoms with Crippen LogP contribution in [0.15, 0.2) is 11.8 Å². The number of hydrogen-bond donors (Lipinski definition) is 0. The van der Waals surface area contributed by atoms with Gasteiger partial charge in [0, 0.05) is 0 Å². The highest BCUT2D eigenvalue weighted by molar-refractivity contribution is 6.82. The van der Waals surface area contributed by atoms with Gasteiger partial charge >= 0.3 is 0 Å². The molecule has 0 amide bonds. The Hall–Kier alpha value is -0.0831. The van der Waals surface area contributed by atoms with E-state index in [1.807, 2.05) is 0 Å². The van der Waals surface area contributed by atoms with Crippen molar-refractivity contribution in [3.8, 4) is 0 Å². The highest BCUT2D eigenvalue weighted by atomic mass is 28.3. The van der Waals surface area contributed by atoms with Crippen molar-refractivity contribution in [3.05, 3.63) is 11.8 Å². The maximum Gasteiger partial charge on any atom is 0.0857 e. The Labute approximate surface area is 116 Å². The van der Waals surface area contributed by atoms with Crippen molar-refractivity contribution in [3.63, 3.8) is 0 Å². The Morgan fingerprint density at radius 3 is 1.72 bits per heavy atom. The second-order valence-corrected chi connectivity index (χ2v) is 11.2. The van der Waals surface area contributed by atoms with E-state index < -0.39 is 8.07 Å². The molecule has 1 aliphatic rings. The van der Waals surface area contributed by atoms with Gasteiger partial charge in [-0.3, -0.25) is 0 Å². The first-order valence-electron chi connectivity index (χ1n) is 8.00. The summed E-state index contributed by atoms with van der Waals surface area (Å²) in [6, 6.07) is 0. The van der Waals surface area contributed by atoms with E-state index >= 15 is 0 Å². The molecule has 0 bridgehead atoms. The van der Waals surface area contributed by atoms with Gasteiger partial charge in [0.05, 0.1) is 8.07 Å². The van der Waals surface area contributed by atoms with Crippen LogP contribution in [0.25, 0.3) is 0 Å². The van der Waals surface area contributed by atoms with Crippen molar-refractivity contribution < 1.29 is 0 Å². The van der Waals surface area contributed by atoms with Crippen LogP contribution in [0.5, 0.6) is 0 Å². The Bertz CT molecular complexity index is 223. The summed E-state index contributed by atoms with van der Waals surface area (Å²) in [5, 5.41) is 0. The minimum atomic E-state index is -1.13. The molecular formula is C16H33NSi. The smallest absolute Gasteiger partial charge is 0.0857 e. The Morgan fingerprint density at radius 1 is 0.833 bits per heavy atom. The molecule has 0 atom stereocenters. The fraction of sp³-hybridized carbons (Fsp3) is 0.875. The summed E-state index contributed by atoms with van der Waals surface area (Å²) in [4.78, 5) is 2.76. The number of nitrogens with zero attached hydrogens (tertiary/aromatic N) is 1. The zero-order chi connectivity index (χ0) is 13.3. The van der Waals surface area contributed by atoms with Gasteiger partial charge in [0.25, 0.3) is 0 Å². The van der Waals surface area contributed by atoms with E-state index in [1.54, 1.807) is 0 Å². The van der Waals surface area contributed by atoms with Crippen molar-refractivity contribution in [1.82, 2.24) is 4.90 Å². The van der Waals surface area contributed by atoms with Gasteiger partial charge in [-0.05, 0) is 39.0 Å². The third-order valence-corrected chi connectivity index (χ3v) is 6.45. The summed E-state index contributed by atoms with van der Waals surface area (Å²) in [5.74, 6) is 0. The van der Waals surface area contributed by atoms with Crippen LogP contribution < -0.4 is 0 Å². The molecule has 0 aromatic heterocycles. The lowest BCUT2D eigenvalue weighted by atomic mass is 10.1. The Balaban J connectivity index is 2.43. The fourth-order valence-electron chi connectivity index (χ4n) is 3.08. The Morgan fingerprint density at radius 2 is 1.28 bits per heavy atom. The zero-order valence-corrected chi connectivity index (χ0v) is 13.9. The maximum atomic E-state index is 2.76. The third-order valence-electron chi connectivity index (χ3n) is 3.95. The molecule has 0 aliphatic carbocycles. The van der Waals surface area contributed by atoms with Crippen LogP contribution in [-0.2, 0) is 0 Å². The summed E-state index contributed by atoms with van der Waals surface area (Å²) < 4.78 is 0. The summed E-state index contributed by atoms with van der Waals surface area (Å²) >= 11 is 0. The van der Waals surface area contributed by atoms with E-state index in [4.69, 9.17) is 0 Å². The summed E-state index contributed by atoms with van der Waals surface area (Å²) in [5.41, 5.74) is 2.50. The van der Waals surface area contributed by atoms with Gasteiger partial charge in [-0.25, -0.2) is 0 Å². The third kappa shape index (κ3) is 7.37. The topological polar surface area (TPSA) is 3.24 Å². The Kier molecular flexibility index (Phi) is 7.92. The van der Waals surface area contributed by atoms with Gasteiger partial charge in [-0.2, -0.15) is 0 Å². The highest BCUT2D eigenvalue weighted by Gasteiger charge is 2.20. The van der Waals surface area contributed by atoms with Gasteiger partial charge in [0.2, 0.25) is 0 Å². The molecule has 106 valence electrons. The van der Waals surface area contributed by atoms with Crippen LogP contribution in [0.3, 0.4) is 0 Å². The second kappa shape index (κ2) is 8.92. The normalized spacial score (nSPS) is 21.9. The standard InChI is InChI=1S/C16H33NSi/c1-4-15-18(2,3)16-17-13-11-9-7-5-6-8-10-12-14-17/h4,15H,5-14,16H2,1-3H3. The first-order valence-corrected chi connectivity index (χ1v) is 11.3. The van der Waals surface area contributed by atoms with Crippen LogP contribution in [0.4, 0.5) is 0 Å². The van der Waals surface area contributed by atoms with Crippen LogP contribution in [-0.4, -0.2) is 32.2 Å². The van der Waals surface area contributed by atoms with Gasteiger partial charge < -0.3 is 4.90 Å². The lowest BCUT2D eigenvalue weighted by molar-refractivity contribution is 0.299. The minimum absolute atomic E-state index is 1.13. The average molecular weight is 268 g/mol. The van der Waals surface area contributed by atoms with Crippen molar-refractivity contribution in [2.24, 2.45) is 0 Å². The minimum Gasteiger partial charge on any atom is -0.306 e. The van der Waals surface area contributed by atoms with E-state index in [2.05, 4.69) is 36.7 Å². The molecule has 0 unspecified atom stereocenters. The van der Waals surface area contributed by atoms with E-state index in [0.29, 0.717) is 0 Å². The zero-order valence-electron chi connectivity index (χ0n) is 12.9. The lowest BCUT2D eigenvalue weighted by Gasteiger charge is -2.29. The van der Waals surface area contributed by atoms with E-state index in [9.17, 15) is 0 Å². The number of allylic oxidation sites excluding steroid dienone is 1. The predicted molar refractivity (Wildman–Crippen MR) is 85.7 cm³/mol. The highest BCUT2D eigenvalue weighted by Crippen LogP contribution is 2.14. The molecule has 0 radical (unpaired) electrons. The van der Waals surface area contributed by atoms with E-state index in [0.717, 1.165) is 0 Å². The van der Waals surface area contributed by atoms with E-state index in [1.165, 1.54) is 70.6 Å². The second-order valence-electron chi connectivity index (χ2n) is 6.59. The molecule has 0 N–H and O–H groups in total. The van der Waals surface area contributed by atoms with Gasteiger partial charge in [0.1, 0.15) is 0 Å². The molecule has 18 heavy (non-hydrogen) atoms. The van der Waals surface area contributed by atoms with Crippen LogP contribution >= 0.6 is 0 Å². The number of rotatable bonds is 3. The quantitative estimate of drug-likeness (QED) is 0.665. The number of hydrogen-bond acceptors (Lipinski definition) is 1. The first-order chi connectivity index (χ1) is 8.64. The van der Waals surface area contributed by atoms with Crippen molar-refractivity contribution in [1.29, 1.82) is 0 Å². The molecule has 0 aromatic carbocycles. The van der Waals surface area contributed by atoms with Crippen LogP contribution in [0, 0.1) is 0 Å². The molecule has 0 aromatic rings. The summed E-state index contributed by atoms with van der Waals surface area (Å²) in [7, 11) is -1.13. The molecule has 1 aliphatic heterocycles. The van der Waals surface area contributed by atoms with Gasteiger partial charge in [-0.1, -0.05) is 63.4 Å². The maximum absolute atomic E-state index is 2.76. The van der Waals surface area contributed by atoms with Gasteiger partial charge in [0.15, 0.2) is 0 Å². The van der Waals surface area contributed by atoms with Crippen molar-refractivity contribution >= 4 is 8.07 Å². The molecule has 1 fully saturated rings. The van der Waals surface area contributed by atoms with Crippen LogP contribution in [0.2, 0.25) is 13.1 Å². The summed E-state index contributed by atoms with van der Waals surface area (Å²) in [6.45, 7) is 9.85. The van der Waals surface area contributed by atoms with Crippen LogP contribution in [0.1, 0.15) is 58.3 Å². The van der Waals surface area contributed by atoms with Crippen molar-refractivity contribution in [2.45, 2.75) is 71.4 Å². The molecule has 1 saturated heterocycles. The monoisotopic (exact) mass is 267 g/mol. The molecular weight excluding hydrogens is 234 g/mol. The molecule has 0 spiro atoms. The predicted octanol–water partition coefficient (Wildman–Crippen LogP) is 4.79. The SMILES string of the molecule is CC=C[Si](C)(C)CN1CCCCCCCCCC1. The largest absolute Gasteiger partial charge is 0.306 e. The van der Waals surface area contributed by atoms with E-state index in [-0.39, 0.29) is 0 Å². The first kappa shape index (κ1) is 16.0. The fourth-order valence-corrected chi connectivity index (χ4v) is 5.56.